The lowest BCUT2D eigenvalue weighted by atomic mass is 10.1. The van der Waals surface area contributed by atoms with Crippen LogP contribution in [-0.4, -0.2) is 18.4 Å². The maximum absolute atomic E-state index is 14.0. The number of anilines is 1. The molecule has 3 heterocycles. The third-order valence-corrected chi connectivity index (χ3v) is 8.29. The fraction of sp³-hybridized carbons (Fsp3) is 0.0968. The number of hydrogen-bond acceptors (Lipinski definition) is 6. The average molecular weight is 536 g/mol. The van der Waals surface area contributed by atoms with Crippen LogP contribution in [0.15, 0.2) is 117 Å². The van der Waals surface area contributed by atoms with Crippen LogP contribution in [0.25, 0.3) is 33.9 Å². The summed E-state index contributed by atoms with van der Waals surface area (Å²) in [5.41, 5.74) is 5.61. The van der Waals surface area contributed by atoms with Crippen LogP contribution in [0, 0.1) is 13.8 Å². The summed E-state index contributed by atoms with van der Waals surface area (Å²) in [6.07, 6.45) is 3.15. The molecule has 0 saturated heterocycles. The van der Waals surface area contributed by atoms with E-state index in [1.54, 1.807) is 73.2 Å². The highest BCUT2D eigenvalue weighted by molar-refractivity contribution is 7.92. The van der Waals surface area contributed by atoms with Crippen molar-refractivity contribution in [2.75, 3.05) is 4.31 Å². The molecule has 0 saturated carbocycles. The first kappa shape index (κ1) is 24.6. The monoisotopic (exact) mass is 535 g/mol. The Morgan fingerprint density at radius 1 is 0.692 bits per heavy atom. The first-order valence-electron chi connectivity index (χ1n) is 12.4. The molecule has 6 aromatic rings. The number of furan rings is 2. The normalized spacial score (nSPS) is 11.6. The van der Waals surface area contributed by atoms with E-state index in [2.05, 4.69) is 0 Å². The second-order valence-corrected chi connectivity index (χ2v) is 11.2. The maximum Gasteiger partial charge on any atom is 0.264 e. The Balaban J connectivity index is 1.51. The van der Waals surface area contributed by atoms with Gasteiger partial charge in [0.05, 0.1) is 40.7 Å². The Bertz CT molecular complexity index is 1840. The molecule has 0 aliphatic carbocycles. The van der Waals surface area contributed by atoms with Crippen molar-refractivity contribution >= 4 is 26.7 Å². The van der Waals surface area contributed by atoms with E-state index in [9.17, 15) is 8.42 Å². The number of rotatable bonds is 7. The summed E-state index contributed by atoms with van der Waals surface area (Å²) in [5, 5.41) is 0. The summed E-state index contributed by atoms with van der Waals surface area (Å²) in [6.45, 7) is 4.08. The molecule has 0 aliphatic heterocycles. The van der Waals surface area contributed by atoms with Crippen LogP contribution in [0.5, 0.6) is 0 Å². The Kier molecular flexibility index (Phi) is 6.24. The Morgan fingerprint density at radius 3 is 1.82 bits per heavy atom. The minimum absolute atomic E-state index is 0.158. The molecule has 0 amide bonds. The fourth-order valence-corrected chi connectivity index (χ4v) is 5.82. The van der Waals surface area contributed by atoms with E-state index in [4.69, 9.17) is 18.8 Å². The molecule has 0 atom stereocenters. The van der Waals surface area contributed by atoms with Gasteiger partial charge in [0, 0.05) is 0 Å². The fourth-order valence-electron chi connectivity index (χ4n) is 4.38. The minimum atomic E-state index is -3.89. The number of aromatic nitrogens is 2. The summed E-state index contributed by atoms with van der Waals surface area (Å²) in [6, 6.07) is 27.2. The molecule has 7 nitrogen and oxygen atoms in total. The number of nitrogens with zero attached hydrogens (tertiary/aromatic N) is 3. The predicted molar refractivity (Wildman–Crippen MR) is 151 cm³/mol. The lowest BCUT2D eigenvalue weighted by Crippen LogP contribution is -2.30. The van der Waals surface area contributed by atoms with Crippen LogP contribution in [0.4, 0.5) is 5.69 Å². The highest BCUT2D eigenvalue weighted by Crippen LogP contribution is 2.34. The molecule has 0 fully saturated rings. The van der Waals surface area contributed by atoms with Crippen molar-refractivity contribution in [3.63, 3.8) is 0 Å². The molecular formula is C31H25N3O4S. The Hall–Kier alpha value is -4.69. The molecule has 0 spiro atoms. The molecule has 3 aromatic heterocycles. The number of aryl methyl sites for hydroxylation is 2. The topological polar surface area (TPSA) is 89.4 Å². The SMILES string of the molecule is Cc1ccc(CN(c2ccc3nc(-c4ccco4)c(-c4ccco4)nc3c2)S(=O)(=O)c2ccc(C)cc2)cc1. The highest BCUT2D eigenvalue weighted by Gasteiger charge is 2.26. The molecule has 0 bridgehead atoms. The molecule has 3 aromatic carbocycles. The molecule has 6 rings (SSSR count). The standard InChI is InChI=1S/C31H25N3O4S/c1-21-7-11-23(12-8-21)20-34(39(35,36)25-14-9-22(2)10-15-25)24-13-16-26-27(19-24)33-31(29-6-4-18-38-29)30(32-26)28-5-3-17-37-28/h3-19H,20H2,1-2H3. The van der Waals surface area contributed by atoms with Gasteiger partial charge >= 0.3 is 0 Å². The van der Waals surface area contributed by atoms with Crippen molar-refractivity contribution in [2.24, 2.45) is 0 Å². The van der Waals surface area contributed by atoms with Gasteiger partial charge in [0.1, 0.15) is 11.4 Å². The molecule has 0 unspecified atom stereocenters. The van der Waals surface area contributed by atoms with Crippen molar-refractivity contribution in [1.82, 2.24) is 9.97 Å². The van der Waals surface area contributed by atoms with Crippen molar-refractivity contribution in [3.05, 3.63) is 120 Å². The quantitative estimate of drug-likeness (QED) is 0.215. The maximum atomic E-state index is 14.0. The average Bonchev–Trinajstić information content (AvgIpc) is 3.67. The largest absolute Gasteiger partial charge is 0.463 e. The van der Waals surface area contributed by atoms with Crippen molar-refractivity contribution in [2.45, 2.75) is 25.3 Å². The van der Waals surface area contributed by atoms with E-state index < -0.39 is 10.0 Å². The van der Waals surface area contributed by atoms with Crippen LogP contribution >= 0.6 is 0 Å². The minimum Gasteiger partial charge on any atom is -0.463 e. The van der Waals surface area contributed by atoms with Crippen LogP contribution < -0.4 is 4.31 Å². The van der Waals surface area contributed by atoms with E-state index in [0.717, 1.165) is 16.7 Å². The number of hydrogen-bond donors (Lipinski definition) is 0. The Labute approximate surface area is 226 Å². The summed E-state index contributed by atoms with van der Waals surface area (Å²) in [5.74, 6) is 1.09. The number of sulfonamides is 1. The van der Waals surface area contributed by atoms with Crippen LogP contribution in [0.1, 0.15) is 16.7 Å². The van der Waals surface area contributed by atoms with E-state index in [0.29, 0.717) is 39.6 Å². The van der Waals surface area contributed by atoms with Crippen LogP contribution in [0.3, 0.4) is 0 Å². The van der Waals surface area contributed by atoms with Gasteiger partial charge in [0.2, 0.25) is 0 Å². The summed E-state index contributed by atoms with van der Waals surface area (Å²) in [7, 11) is -3.89. The summed E-state index contributed by atoms with van der Waals surface area (Å²) in [4.78, 5) is 9.90. The van der Waals surface area contributed by atoms with Gasteiger partial charge in [-0.05, 0) is 74.0 Å². The molecule has 8 heteroatoms. The van der Waals surface area contributed by atoms with Crippen LogP contribution in [0.2, 0.25) is 0 Å². The first-order chi connectivity index (χ1) is 18.9. The van der Waals surface area contributed by atoms with Gasteiger partial charge in [-0.1, -0.05) is 47.5 Å². The predicted octanol–water partition coefficient (Wildman–Crippen LogP) is 7.16. The van der Waals surface area contributed by atoms with E-state index in [-0.39, 0.29) is 11.4 Å². The molecule has 0 radical (unpaired) electrons. The van der Waals surface area contributed by atoms with E-state index in [1.165, 1.54) is 4.31 Å². The lowest BCUT2D eigenvalue weighted by molar-refractivity contribution is 0.572. The Morgan fingerprint density at radius 2 is 1.26 bits per heavy atom. The van der Waals surface area contributed by atoms with E-state index >= 15 is 0 Å². The number of fused-ring (bicyclic) bond motifs is 1. The van der Waals surface area contributed by atoms with Gasteiger partial charge < -0.3 is 8.83 Å². The lowest BCUT2D eigenvalue weighted by Gasteiger charge is -2.25. The zero-order valence-corrected chi connectivity index (χ0v) is 22.2. The van der Waals surface area contributed by atoms with E-state index in [1.807, 2.05) is 44.2 Å². The first-order valence-corrected chi connectivity index (χ1v) is 13.9. The molecular weight excluding hydrogens is 510 g/mol. The van der Waals surface area contributed by atoms with Gasteiger partial charge in [-0.3, -0.25) is 4.31 Å². The summed E-state index contributed by atoms with van der Waals surface area (Å²) >= 11 is 0. The van der Waals surface area contributed by atoms with Gasteiger partial charge in [-0.15, -0.1) is 0 Å². The molecule has 0 N–H and O–H groups in total. The zero-order chi connectivity index (χ0) is 27.0. The number of benzene rings is 3. The van der Waals surface area contributed by atoms with Crippen molar-refractivity contribution < 1.29 is 17.3 Å². The second kappa shape index (κ2) is 9.89. The van der Waals surface area contributed by atoms with Crippen LogP contribution in [-0.2, 0) is 16.6 Å². The molecule has 39 heavy (non-hydrogen) atoms. The van der Waals surface area contributed by atoms with Crippen molar-refractivity contribution in [3.8, 4) is 22.9 Å². The highest BCUT2D eigenvalue weighted by atomic mass is 32.2. The third kappa shape index (κ3) is 4.82. The molecule has 194 valence electrons. The third-order valence-electron chi connectivity index (χ3n) is 6.50. The van der Waals surface area contributed by atoms with Gasteiger partial charge in [0.25, 0.3) is 10.0 Å². The molecule has 0 aliphatic rings. The summed E-state index contributed by atoms with van der Waals surface area (Å²) < 4.78 is 40.6. The smallest absolute Gasteiger partial charge is 0.264 e. The van der Waals surface area contributed by atoms with Crippen molar-refractivity contribution in [1.29, 1.82) is 0 Å². The van der Waals surface area contributed by atoms with Gasteiger partial charge in [0.15, 0.2) is 11.5 Å². The second-order valence-electron chi connectivity index (χ2n) is 9.36. The van der Waals surface area contributed by atoms with Gasteiger partial charge in [-0.2, -0.15) is 0 Å². The zero-order valence-electron chi connectivity index (χ0n) is 21.4. The van der Waals surface area contributed by atoms with Gasteiger partial charge in [-0.25, -0.2) is 18.4 Å².